The van der Waals surface area contributed by atoms with Crippen LogP contribution in [0.25, 0.3) is 0 Å². The van der Waals surface area contributed by atoms with Gasteiger partial charge in [-0.2, -0.15) is 0 Å². The van der Waals surface area contributed by atoms with Crippen molar-refractivity contribution in [1.29, 1.82) is 0 Å². The molecule has 10 nitrogen and oxygen atoms in total. The standard InChI is InChI=1S/C43H80NO9P.Na/c1-4-6-8-10-12-14-16-18-20-22-24-26-28-30-32-34-42(46)50-36-40(37-51-54(48,49)52-38-41(44)39(3)45)53-43(47)35-33-31-29-27-25-23-21-19-17-15-13-11-9-7-5-2;/h18-21,40-41H,4-17,22-38,44H2,1-3H3,(H,48,49);/q;+1/b20-18-,21-19-;/t40-,41?;/m1./s1. The van der Waals surface area contributed by atoms with Crippen LogP contribution in [-0.2, 0) is 37.5 Å². The van der Waals surface area contributed by atoms with Gasteiger partial charge in [-0.25, -0.2) is 0 Å². The van der Waals surface area contributed by atoms with E-state index in [-0.39, 0.29) is 54.8 Å². The van der Waals surface area contributed by atoms with Gasteiger partial charge in [-0.3, -0.25) is 18.9 Å². The summed E-state index contributed by atoms with van der Waals surface area (Å²) < 4.78 is 32.8. The molecule has 0 saturated carbocycles. The Morgan fingerprint density at radius 3 is 1.35 bits per heavy atom. The molecule has 0 aliphatic heterocycles. The number of ether oxygens (including phenoxy) is 2. The number of unbranched alkanes of at least 4 members (excludes halogenated alkanes) is 22. The molecule has 0 rings (SSSR count). The third-order valence-corrected chi connectivity index (χ3v) is 10.4. The average molecular weight is 809 g/mol. The average Bonchev–Trinajstić information content (AvgIpc) is 3.14. The molecule has 0 radical (unpaired) electrons. The monoisotopic (exact) mass is 809 g/mol. The van der Waals surface area contributed by atoms with Crippen LogP contribution in [0.15, 0.2) is 24.3 Å². The van der Waals surface area contributed by atoms with Crippen molar-refractivity contribution in [2.45, 2.75) is 213 Å². The van der Waals surface area contributed by atoms with Crippen molar-refractivity contribution in [1.82, 2.24) is 0 Å². The number of carbonyl (C=O) groups excluding carboxylic acids is 3. The third kappa shape index (κ3) is 41.1. The molecule has 316 valence electrons. The Hall–Kier alpha value is -0.840. The van der Waals surface area contributed by atoms with Gasteiger partial charge in [0.15, 0.2) is 17.9 Å². The van der Waals surface area contributed by atoms with Crippen LogP contribution in [0.4, 0.5) is 0 Å². The number of quaternary nitrogens is 1. The molecule has 55 heavy (non-hydrogen) atoms. The molecule has 0 amide bonds. The number of Topliss-reactive ketones (excluding diaryl/α,β-unsaturated/α-hetero) is 1. The topological polar surface area (TPSA) is 156 Å². The van der Waals surface area contributed by atoms with E-state index in [1.165, 1.54) is 90.4 Å². The van der Waals surface area contributed by atoms with E-state index in [1.807, 2.05) is 0 Å². The van der Waals surface area contributed by atoms with E-state index in [2.05, 4.69) is 43.9 Å². The van der Waals surface area contributed by atoms with E-state index in [4.69, 9.17) is 18.5 Å². The third-order valence-electron chi connectivity index (χ3n) is 9.44. The Kier molecular flexibility index (Phi) is 42.3. The number of ketones is 1. The first-order valence-corrected chi connectivity index (χ1v) is 23.2. The Labute approximate surface area is 358 Å². The molecule has 3 N–H and O–H groups in total. The first-order valence-electron chi connectivity index (χ1n) is 21.7. The molecule has 12 heteroatoms. The van der Waals surface area contributed by atoms with Gasteiger partial charge in [0.25, 0.3) is 7.82 Å². The minimum Gasteiger partial charge on any atom is -0.756 e. The smallest absolute Gasteiger partial charge is 0.756 e. The molecular weight excluding hydrogens is 728 g/mol. The second kappa shape index (κ2) is 41.3. The van der Waals surface area contributed by atoms with Crippen molar-refractivity contribution in [3.63, 3.8) is 0 Å². The first-order chi connectivity index (χ1) is 26.1. The largest absolute Gasteiger partial charge is 1.00 e. The Morgan fingerprint density at radius 2 is 0.927 bits per heavy atom. The number of carbonyl (C=O) groups is 3. The van der Waals surface area contributed by atoms with Gasteiger partial charge in [0.05, 0.1) is 6.61 Å². The second-order valence-corrected chi connectivity index (χ2v) is 16.2. The molecule has 0 bridgehead atoms. The summed E-state index contributed by atoms with van der Waals surface area (Å²) in [6.07, 6.45) is 38.4. The van der Waals surface area contributed by atoms with Gasteiger partial charge in [-0.1, -0.05) is 141 Å². The number of phosphoric acid groups is 1. The van der Waals surface area contributed by atoms with Crippen molar-refractivity contribution < 1.29 is 77.7 Å². The summed E-state index contributed by atoms with van der Waals surface area (Å²) in [7, 11) is -4.81. The van der Waals surface area contributed by atoms with E-state index in [9.17, 15) is 23.8 Å². The first kappa shape index (κ1) is 56.3. The molecular formula is C43H80NNaO9P+. The molecule has 0 aliphatic rings. The fraction of sp³-hybridized carbons (Fsp3) is 0.837. The normalized spacial score (nSPS) is 13.8. The zero-order chi connectivity index (χ0) is 40.0. The van der Waals surface area contributed by atoms with E-state index in [0.29, 0.717) is 12.8 Å². The summed E-state index contributed by atoms with van der Waals surface area (Å²) in [6.45, 7) is 4.42. The maximum Gasteiger partial charge on any atom is 1.00 e. The Morgan fingerprint density at radius 1 is 0.564 bits per heavy atom. The summed E-state index contributed by atoms with van der Waals surface area (Å²) in [4.78, 5) is 48.7. The molecule has 0 aromatic rings. The van der Waals surface area contributed by atoms with Crippen LogP contribution in [0.1, 0.15) is 201 Å². The zero-order valence-electron chi connectivity index (χ0n) is 35.7. The number of esters is 2. The van der Waals surface area contributed by atoms with Gasteiger partial charge in [0.1, 0.15) is 13.2 Å². The van der Waals surface area contributed by atoms with Crippen molar-refractivity contribution in [3.8, 4) is 0 Å². The van der Waals surface area contributed by atoms with Gasteiger partial charge in [0, 0.05) is 19.8 Å². The van der Waals surface area contributed by atoms with Crippen LogP contribution >= 0.6 is 7.82 Å². The van der Waals surface area contributed by atoms with Crippen molar-refractivity contribution in [3.05, 3.63) is 24.3 Å². The van der Waals surface area contributed by atoms with Crippen LogP contribution in [0.3, 0.4) is 0 Å². The maximum atomic E-state index is 12.6. The number of phosphoric ester groups is 1. The predicted octanol–water partition coefficient (Wildman–Crippen LogP) is 7.22. The minimum atomic E-state index is -4.81. The second-order valence-electron chi connectivity index (χ2n) is 14.8. The molecule has 0 aromatic carbocycles. The van der Waals surface area contributed by atoms with Crippen LogP contribution in [0.5, 0.6) is 0 Å². The number of hydrogen-bond acceptors (Lipinski definition) is 9. The van der Waals surface area contributed by atoms with Gasteiger partial charge in [-0.05, 0) is 64.2 Å². The van der Waals surface area contributed by atoms with Gasteiger partial charge < -0.3 is 29.1 Å². The van der Waals surface area contributed by atoms with Gasteiger partial charge >= 0.3 is 41.5 Å². The zero-order valence-corrected chi connectivity index (χ0v) is 38.6. The molecule has 0 saturated heterocycles. The summed E-state index contributed by atoms with van der Waals surface area (Å²) >= 11 is 0. The fourth-order valence-corrected chi connectivity index (χ4v) is 6.60. The molecule has 0 fully saturated rings. The maximum absolute atomic E-state index is 12.6. The van der Waals surface area contributed by atoms with Gasteiger partial charge in [-0.15, -0.1) is 0 Å². The fourth-order valence-electron chi connectivity index (χ4n) is 5.81. The number of allylic oxidation sites excluding steroid dienone is 4. The van der Waals surface area contributed by atoms with E-state index < -0.39 is 45.1 Å². The Balaban J connectivity index is 0. The molecule has 3 atom stereocenters. The van der Waals surface area contributed by atoms with Crippen molar-refractivity contribution in [2.75, 3.05) is 19.8 Å². The quantitative estimate of drug-likeness (QED) is 0.0222. The summed E-state index contributed by atoms with van der Waals surface area (Å²) in [5.74, 6) is -1.27. The van der Waals surface area contributed by atoms with Crippen molar-refractivity contribution in [2.24, 2.45) is 0 Å². The van der Waals surface area contributed by atoms with Crippen LogP contribution in [0.2, 0.25) is 0 Å². The van der Waals surface area contributed by atoms with E-state index >= 15 is 0 Å². The minimum absolute atomic E-state index is 0. The summed E-state index contributed by atoms with van der Waals surface area (Å²) in [5.41, 5.74) is 3.55. The number of hydrogen-bond donors (Lipinski definition) is 1. The molecule has 0 aliphatic carbocycles. The molecule has 0 aromatic heterocycles. The van der Waals surface area contributed by atoms with Crippen molar-refractivity contribution >= 4 is 25.5 Å². The van der Waals surface area contributed by atoms with Gasteiger partial charge in [0.2, 0.25) is 0 Å². The van der Waals surface area contributed by atoms with Crippen LogP contribution in [-0.4, -0.2) is 49.7 Å². The molecule has 0 spiro atoms. The summed E-state index contributed by atoms with van der Waals surface area (Å²) in [5, 5.41) is 0. The van der Waals surface area contributed by atoms with E-state index in [1.54, 1.807) is 0 Å². The summed E-state index contributed by atoms with van der Waals surface area (Å²) in [6, 6.07) is -0.867. The van der Waals surface area contributed by atoms with Crippen LogP contribution in [0, 0.1) is 0 Å². The number of rotatable bonds is 40. The predicted molar refractivity (Wildman–Crippen MR) is 217 cm³/mol. The SMILES string of the molecule is CCCCCCCC/C=C\CCCCCCCC(=O)OC[C@H](COP(=O)([O-])OCC([NH3+])C(C)=O)OC(=O)CCCCCCC/C=C\CCCCCCCC.[Na+]. The Bertz CT molecular complexity index is 1030. The van der Waals surface area contributed by atoms with E-state index in [0.717, 1.165) is 70.6 Å². The van der Waals surface area contributed by atoms with Crippen LogP contribution < -0.4 is 40.2 Å². The molecule has 0 heterocycles. The molecule has 2 unspecified atom stereocenters.